The van der Waals surface area contributed by atoms with Gasteiger partial charge in [-0.3, -0.25) is 0 Å². The molecule has 1 unspecified atom stereocenters. The molecule has 0 spiro atoms. The Morgan fingerprint density at radius 2 is 1.89 bits per heavy atom. The van der Waals surface area contributed by atoms with Gasteiger partial charge in [0, 0.05) is 24.5 Å². The van der Waals surface area contributed by atoms with E-state index in [1.54, 1.807) is 7.11 Å². The summed E-state index contributed by atoms with van der Waals surface area (Å²) in [5.41, 5.74) is 1.49. The van der Waals surface area contributed by atoms with Crippen molar-refractivity contribution >= 4 is 25.2 Å². The summed E-state index contributed by atoms with van der Waals surface area (Å²) in [5.74, 6) is 2.85. The summed E-state index contributed by atoms with van der Waals surface area (Å²) < 4.78 is 25.4. The van der Waals surface area contributed by atoms with E-state index in [9.17, 15) is 0 Å². The topological polar surface area (TPSA) is 52.5 Å². The number of hydrogen-bond acceptors (Lipinski definition) is 7. The molecule has 1 saturated heterocycles. The van der Waals surface area contributed by atoms with Crippen molar-refractivity contribution in [1.82, 2.24) is 4.90 Å². The molecule has 3 aliphatic heterocycles. The van der Waals surface area contributed by atoms with Crippen molar-refractivity contribution in [1.29, 1.82) is 0 Å². The van der Waals surface area contributed by atoms with E-state index in [0.29, 0.717) is 19.8 Å². The minimum absolute atomic E-state index is 0.0230. The quantitative estimate of drug-likeness (QED) is 0.357. The molecule has 5 rings (SSSR count). The molecule has 3 heterocycles. The van der Waals surface area contributed by atoms with Gasteiger partial charge < -0.3 is 23.5 Å². The molecular weight excluding hydrogens is 500 g/mol. The molecule has 2 bridgehead atoms. The maximum Gasteiger partial charge on any atom is 0.233 e. The summed E-state index contributed by atoms with van der Waals surface area (Å²) in [6.07, 6.45) is 1.15. The van der Waals surface area contributed by atoms with Crippen LogP contribution >= 0.6 is 11.8 Å². The van der Waals surface area contributed by atoms with E-state index >= 15 is 0 Å². The van der Waals surface area contributed by atoms with Gasteiger partial charge in [0.05, 0.1) is 25.7 Å². The van der Waals surface area contributed by atoms with E-state index in [4.69, 9.17) is 23.6 Å². The summed E-state index contributed by atoms with van der Waals surface area (Å²) in [6, 6.07) is 16.6. The van der Waals surface area contributed by atoms with Crippen LogP contribution in [0.15, 0.2) is 53.5 Å². The first-order chi connectivity index (χ1) is 17.6. The first-order valence-corrected chi connectivity index (χ1v) is 17.1. The molecule has 0 aliphatic carbocycles. The fourth-order valence-electron chi connectivity index (χ4n) is 5.07. The summed E-state index contributed by atoms with van der Waals surface area (Å²) in [5, 5.41) is 1.20. The minimum Gasteiger partial charge on any atom is -0.497 e. The second-order valence-corrected chi connectivity index (χ2v) is 17.6. The van der Waals surface area contributed by atoms with Crippen LogP contribution in [0.3, 0.4) is 0 Å². The minimum atomic E-state index is -1.98. The number of benzene rings is 2. The van der Waals surface area contributed by atoms with E-state index in [1.165, 1.54) is 5.56 Å². The molecule has 8 heteroatoms. The first kappa shape index (κ1) is 26.6. The lowest BCUT2D eigenvalue weighted by Crippen LogP contribution is -2.62. The SMILES string of the molecule is COc1ccc(COCC23N=C4SCCCN4[C@H](c4ccccc4O2)[C@H]3CO[Si](C)(C)C(C)(C)C)cc1. The van der Waals surface area contributed by atoms with Crippen LogP contribution in [-0.2, 0) is 15.8 Å². The highest BCUT2D eigenvalue weighted by Crippen LogP contribution is 2.53. The highest BCUT2D eigenvalue weighted by molar-refractivity contribution is 8.13. The Hall–Kier alpha value is -2.00. The second kappa shape index (κ2) is 10.3. The Bertz CT molecular complexity index is 1130. The molecule has 3 aliphatic rings. The second-order valence-electron chi connectivity index (χ2n) is 11.7. The van der Waals surface area contributed by atoms with Crippen LogP contribution in [-0.4, -0.2) is 56.7 Å². The molecular formula is C29H40N2O4SSi. The lowest BCUT2D eigenvalue weighted by atomic mass is 9.80. The van der Waals surface area contributed by atoms with Crippen molar-refractivity contribution in [3.8, 4) is 11.5 Å². The van der Waals surface area contributed by atoms with Crippen LogP contribution < -0.4 is 9.47 Å². The molecule has 6 nitrogen and oxygen atoms in total. The van der Waals surface area contributed by atoms with Gasteiger partial charge in [0.25, 0.3) is 0 Å². The maximum absolute atomic E-state index is 6.87. The number of amidine groups is 1. The number of para-hydroxylation sites is 1. The lowest BCUT2D eigenvalue weighted by molar-refractivity contribution is -0.117. The largest absolute Gasteiger partial charge is 0.497 e. The summed E-state index contributed by atoms with van der Waals surface area (Å²) in [4.78, 5) is 7.83. The van der Waals surface area contributed by atoms with Crippen molar-refractivity contribution in [2.75, 3.05) is 32.6 Å². The van der Waals surface area contributed by atoms with E-state index < -0.39 is 14.0 Å². The Labute approximate surface area is 226 Å². The van der Waals surface area contributed by atoms with Gasteiger partial charge in [-0.1, -0.05) is 62.9 Å². The van der Waals surface area contributed by atoms with Crippen LogP contribution in [0, 0.1) is 5.92 Å². The third-order valence-corrected chi connectivity index (χ3v) is 13.9. The average molecular weight is 541 g/mol. The van der Waals surface area contributed by atoms with Gasteiger partial charge in [-0.05, 0) is 48.3 Å². The van der Waals surface area contributed by atoms with Gasteiger partial charge in [0.15, 0.2) is 13.5 Å². The van der Waals surface area contributed by atoms with Gasteiger partial charge >= 0.3 is 0 Å². The summed E-state index contributed by atoms with van der Waals surface area (Å²) >= 11 is 1.84. The maximum atomic E-state index is 6.87. The molecule has 0 aromatic heterocycles. The van der Waals surface area contributed by atoms with Crippen LogP contribution in [0.4, 0.5) is 0 Å². The van der Waals surface area contributed by atoms with Gasteiger partial charge in [0.2, 0.25) is 5.72 Å². The molecule has 0 amide bonds. The smallest absolute Gasteiger partial charge is 0.233 e. The molecule has 3 atom stereocenters. The van der Waals surface area contributed by atoms with Crippen molar-refractivity contribution < 1.29 is 18.6 Å². The molecule has 0 saturated carbocycles. The summed E-state index contributed by atoms with van der Waals surface area (Å²) in [6.45, 7) is 14.0. The Morgan fingerprint density at radius 1 is 1.14 bits per heavy atom. The number of fused-ring (bicyclic) bond motifs is 6. The van der Waals surface area contributed by atoms with Crippen LogP contribution in [0.1, 0.15) is 44.4 Å². The number of ether oxygens (including phenoxy) is 3. The van der Waals surface area contributed by atoms with Gasteiger partial charge in [-0.15, -0.1) is 0 Å². The fraction of sp³-hybridized carbons (Fsp3) is 0.552. The van der Waals surface area contributed by atoms with Gasteiger partial charge in [-0.2, -0.15) is 0 Å². The third kappa shape index (κ3) is 5.18. The number of aliphatic imine (C=N–C) groups is 1. The number of hydrogen-bond donors (Lipinski definition) is 0. The zero-order valence-electron chi connectivity index (χ0n) is 23.0. The summed E-state index contributed by atoms with van der Waals surface area (Å²) in [7, 11) is -0.297. The van der Waals surface area contributed by atoms with E-state index in [1.807, 2.05) is 42.1 Å². The Morgan fingerprint density at radius 3 is 2.62 bits per heavy atom. The zero-order chi connectivity index (χ0) is 26.3. The van der Waals surface area contributed by atoms with E-state index in [2.05, 4.69) is 57.0 Å². The zero-order valence-corrected chi connectivity index (χ0v) is 24.8. The molecule has 0 N–H and O–H groups in total. The van der Waals surface area contributed by atoms with Crippen LogP contribution in [0.2, 0.25) is 18.1 Å². The van der Waals surface area contributed by atoms with Crippen molar-refractivity contribution in [2.24, 2.45) is 10.9 Å². The highest BCUT2D eigenvalue weighted by atomic mass is 32.2. The lowest BCUT2D eigenvalue weighted by Gasteiger charge is -2.55. The molecule has 37 heavy (non-hydrogen) atoms. The van der Waals surface area contributed by atoms with Crippen molar-refractivity contribution in [3.05, 3.63) is 59.7 Å². The molecule has 2 aromatic rings. The number of rotatable bonds is 8. The Kier molecular flexibility index (Phi) is 7.39. The highest BCUT2D eigenvalue weighted by Gasteiger charge is 2.57. The number of thioether (sulfide) groups is 1. The average Bonchev–Trinajstić information content (AvgIpc) is 2.87. The standard InChI is InChI=1S/C29H40N2O4SSi/c1-28(2,3)37(5,6)34-19-24-26-23-10-7-8-11-25(23)35-29(24,30-27-31(26)16-9-17-36-27)20-33-18-21-12-14-22(32-4)15-13-21/h7-8,10-15,24,26H,9,16-20H2,1-6H3/t24-,26-,29?/m1/s1. The van der Waals surface area contributed by atoms with Crippen LogP contribution in [0.25, 0.3) is 0 Å². The predicted molar refractivity (Wildman–Crippen MR) is 153 cm³/mol. The van der Waals surface area contributed by atoms with E-state index in [-0.39, 0.29) is 17.0 Å². The molecule has 200 valence electrons. The van der Waals surface area contributed by atoms with Crippen molar-refractivity contribution in [2.45, 2.75) is 63.7 Å². The predicted octanol–water partition coefficient (Wildman–Crippen LogP) is 6.49. The number of methoxy groups -OCH3 is 1. The normalized spacial score (nSPS) is 25.0. The fourth-order valence-corrected chi connectivity index (χ4v) is 7.15. The monoisotopic (exact) mass is 540 g/mol. The molecule has 1 fully saturated rings. The van der Waals surface area contributed by atoms with Gasteiger partial charge in [-0.25, -0.2) is 4.99 Å². The molecule has 0 radical (unpaired) electrons. The first-order valence-electron chi connectivity index (χ1n) is 13.3. The third-order valence-electron chi connectivity index (χ3n) is 8.29. The van der Waals surface area contributed by atoms with Crippen molar-refractivity contribution in [3.63, 3.8) is 0 Å². The van der Waals surface area contributed by atoms with E-state index in [0.717, 1.165) is 40.9 Å². The van der Waals surface area contributed by atoms with Crippen LogP contribution in [0.5, 0.6) is 11.5 Å². The Balaban J connectivity index is 1.48. The molecule has 2 aromatic carbocycles. The van der Waals surface area contributed by atoms with Gasteiger partial charge in [0.1, 0.15) is 18.1 Å². The number of nitrogens with zero attached hydrogens (tertiary/aromatic N) is 2.